The van der Waals surface area contributed by atoms with Gasteiger partial charge in [0.05, 0.1) is 6.04 Å². The molecule has 1 aromatic rings. The minimum atomic E-state index is -0.432. The van der Waals surface area contributed by atoms with Crippen LogP contribution >= 0.6 is 23.2 Å². The van der Waals surface area contributed by atoms with Gasteiger partial charge in [-0.05, 0) is 24.1 Å². The Labute approximate surface area is 135 Å². The van der Waals surface area contributed by atoms with Crippen molar-refractivity contribution in [1.29, 1.82) is 0 Å². The summed E-state index contributed by atoms with van der Waals surface area (Å²) in [5, 5.41) is 1.10. The van der Waals surface area contributed by atoms with E-state index in [2.05, 4.69) is 0 Å². The molecule has 1 amide bonds. The van der Waals surface area contributed by atoms with Crippen molar-refractivity contribution in [3.05, 3.63) is 33.8 Å². The van der Waals surface area contributed by atoms with Crippen LogP contribution < -0.4 is 0 Å². The summed E-state index contributed by atoms with van der Waals surface area (Å²) >= 11 is 12.1. The minimum absolute atomic E-state index is 0.0547. The number of benzene rings is 1. The molecule has 1 saturated heterocycles. The molecule has 1 aliphatic rings. The first-order valence-electron chi connectivity index (χ1n) is 7.17. The predicted octanol–water partition coefficient (Wildman–Crippen LogP) is 3.75. The number of likely N-dealkylation sites (tertiary alicyclic amines) is 1. The van der Waals surface area contributed by atoms with E-state index in [1.54, 1.807) is 17.0 Å². The fraction of sp³-hybridized carbons (Fsp3) is 0.500. The summed E-state index contributed by atoms with van der Waals surface area (Å²) in [4.78, 5) is 26.2. The molecule has 2 rings (SSSR count). The van der Waals surface area contributed by atoms with Crippen molar-refractivity contribution in [1.82, 2.24) is 4.90 Å². The summed E-state index contributed by atoms with van der Waals surface area (Å²) in [6, 6.07) is 4.82. The van der Waals surface area contributed by atoms with Crippen LogP contribution in [0, 0.1) is 5.92 Å². The lowest BCUT2D eigenvalue weighted by atomic mass is 9.94. The lowest BCUT2D eigenvalue weighted by molar-refractivity contribution is -0.137. The molecule has 0 radical (unpaired) electrons. The zero-order chi connectivity index (χ0) is 15.6. The van der Waals surface area contributed by atoms with Crippen molar-refractivity contribution in [3.63, 3.8) is 0 Å². The minimum Gasteiger partial charge on any atom is -0.332 e. The third-order valence-electron chi connectivity index (χ3n) is 3.81. The second-order valence-electron chi connectivity index (χ2n) is 5.70. The van der Waals surface area contributed by atoms with Gasteiger partial charge in [0.1, 0.15) is 0 Å². The van der Waals surface area contributed by atoms with Crippen molar-refractivity contribution >= 4 is 34.9 Å². The molecule has 0 aliphatic carbocycles. The number of carbonyl (C=O) groups is 2. The molecular formula is C16H19Cl2NO2. The highest BCUT2D eigenvalue weighted by atomic mass is 35.5. The molecule has 114 valence electrons. The number of halogens is 2. The largest absolute Gasteiger partial charge is 0.332 e. The first kappa shape index (κ1) is 16.3. The standard InChI is InChI=1S/C16H19Cl2NO2/c1-10(2)16(21)14(19-7-3-4-15(19)20)8-11-5-6-12(17)9-13(11)18/h5-6,9-10,14H,3-4,7-8H2,1-2H3/t14-/m1/s1. The SMILES string of the molecule is CC(C)C(=O)[C@@H](Cc1ccc(Cl)cc1Cl)N1CCCC1=O. The number of Topliss-reactive ketones (excluding diaryl/α,β-unsaturated/α-hetero) is 1. The molecule has 5 heteroatoms. The van der Waals surface area contributed by atoms with E-state index >= 15 is 0 Å². The van der Waals surface area contributed by atoms with Crippen LogP contribution in [0.5, 0.6) is 0 Å². The molecule has 3 nitrogen and oxygen atoms in total. The molecule has 21 heavy (non-hydrogen) atoms. The Morgan fingerprint density at radius 3 is 2.57 bits per heavy atom. The summed E-state index contributed by atoms with van der Waals surface area (Å²) in [5.74, 6) is 0.0184. The monoisotopic (exact) mass is 327 g/mol. The third kappa shape index (κ3) is 3.78. The van der Waals surface area contributed by atoms with Crippen LogP contribution in [0.15, 0.2) is 18.2 Å². The molecule has 0 aromatic heterocycles. The second-order valence-corrected chi connectivity index (χ2v) is 6.55. The highest BCUT2D eigenvalue weighted by Gasteiger charge is 2.34. The Balaban J connectivity index is 2.27. The first-order valence-corrected chi connectivity index (χ1v) is 7.93. The lowest BCUT2D eigenvalue weighted by Crippen LogP contribution is -2.45. The van der Waals surface area contributed by atoms with Gasteiger partial charge in [0, 0.05) is 35.3 Å². The van der Waals surface area contributed by atoms with E-state index in [4.69, 9.17) is 23.2 Å². The summed E-state index contributed by atoms with van der Waals surface area (Å²) < 4.78 is 0. The smallest absolute Gasteiger partial charge is 0.223 e. The average molecular weight is 328 g/mol. The topological polar surface area (TPSA) is 37.4 Å². The lowest BCUT2D eigenvalue weighted by Gasteiger charge is -2.28. The van der Waals surface area contributed by atoms with Crippen molar-refractivity contribution in [2.45, 2.75) is 39.2 Å². The molecule has 1 fully saturated rings. The van der Waals surface area contributed by atoms with Crippen LogP contribution in [0.25, 0.3) is 0 Å². The first-order chi connectivity index (χ1) is 9.90. The zero-order valence-corrected chi connectivity index (χ0v) is 13.7. The Bertz CT molecular complexity index is 557. The summed E-state index contributed by atoms with van der Waals surface area (Å²) in [6.07, 6.45) is 1.78. The molecule has 1 atom stereocenters. The predicted molar refractivity (Wildman–Crippen MR) is 84.7 cm³/mol. The van der Waals surface area contributed by atoms with Crippen molar-refractivity contribution in [2.24, 2.45) is 5.92 Å². The van der Waals surface area contributed by atoms with E-state index in [1.165, 1.54) is 0 Å². The molecule has 0 bridgehead atoms. The number of ketones is 1. The van der Waals surface area contributed by atoms with Gasteiger partial charge in [-0.2, -0.15) is 0 Å². The number of nitrogens with zero attached hydrogens (tertiary/aromatic N) is 1. The summed E-state index contributed by atoms with van der Waals surface area (Å²) in [6.45, 7) is 4.37. The number of amides is 1. The van der Waals surface area contributed by atoms with Crippen molar-refractivity contribution < 1.29 is 9.59 Å². The highest BCUT2D eigenvalue weighted by molar-refractivity contribution is 6.35. The van der Waals surface area contributed by atoms with Crippen LogP contribution in [0.1, 0.15) is 32.3 Å². The van der Waals surface area contributed by atoms with Crippen LogP contribution in [-0.4, -0.2) is 29.2 Å². The van der Waals surface area contributed by atoms with Crippen LogP contribution in [-0.2, 0) is 16.0 Å². The normalized spacial score (nSPS) is 16.6. The highest BCUT2D eigenvalue weighted by Crippen LogP contribution is 2.26. The van der Waals surface area contributed by atoms with Crippen molar-refractivity contribution in [3.8, 4) is 0 Å². The van der Waals surface area contributed by atoms with Gasteiger partial charge in [-0.25, -0.2) is 0 Å². The quantitative estimate of drug-likeness (QED) is 0.825. The number of hydrogen-bond donors (Lipinski definition) is 0. The fourth-order valence-electron chi connectivity index (χ4n) is 2.64. The van der Waals surface area contributed by atoms with Crippen LogP contribution in [0.2, 0.25) is 10.0 Å². The van der Waals surface area contributed by atoms with Gasteiger partial charge in [-0.3, -0.25) is 9.59 Å². The van der Waals surface area contributed by atoms with Crippen molar-refractivity contribution in [2.75, 3.05) is 6.54 Å². The molecular weight excluding hydrogens is 309 g/mol. The van der Waals surface area contributed by atoms with E-state index in [0.29, 0.717) is 29.4 Å². The average Bonchev–Trinajstić information content (AvgIpc) is 2.83. The Hall–Kier alpha value is -1.06. The Morgan fingerprint density at radius 2 is 2.05 bits per heavy atom. The zero-order valence-electron chi connectivity index (χ0n) is 12.2. The number of rotatable bonds is 5. The molecule has 1 aliphatic heterocycles. The Morgan fingerprint density at radius 1 is 1.33 bits per heavy atom. The molecule has 0 spiro atoms. The molecule has 0 N–H and O–H groups in total. The van der Waals surface area contributed by atoms with E-state index in [1.807, 2.05) is 19.9 Å². The van der Waals surface area contributed by atoms with Crippen LogP contribution in [0.3, 0.4) is 0 Å². The van der Waals surface area contributed by atoms with E-state index in [9.17, 15) is 9.59 Å². The summed E-state index contributed by atoms with van der Waals surface area (Å²) in [5.41, 5.74) is 0.847. The van der Waals surface area contributed by atoms with Gasteiger partial charge >= 0.3 is 0 Å². The molecule has 0 unspecified atom stereocenters. The molecule has 0 saturated carbocycles. The maximum absolute atomic E-state index is 12.5. The van der Waals surface area contributed by atoms with Gasteiger partial charge in [-0.15, -0.1) is 0 Å². The number of hydrogen-bond acceptors (Lipinski definition) is 2. The van der Waals surface area contributed by atoms with Gasteiger partial charge in [0.2, 0.25) is 5.91 Å². The van der Waals surface area contributed by atoms with Gasteiger partial charge in [0.15, 0.2) is 5.78 Å². The molecule has 1 heterocycles. The maximum Gasteiger partial charge on any atom is 0.223 e. The van der Waals surface area contributed by atoms with E-state index < -0.39 is 6.04 Å². The Kier molecular flexibility index (Phi) is 5.28. The summed E-state index contributed by atoms with van der Waals surface area (Å²) in [7, 11) is 0. The molecule has 1 aromatic carbocycles. The van der Waals surface area contributed by atoms with Gasteiger partial charge in [-0.1, -0.05) is 43.1 Å². The third-order valence-corrected chi connectivity index (χ3v) is 4.40. The fourth-order valence-corrected chi connectivity index (χ4v) is 3.13. The number of carbonyl (C=O) groups excluding carboxylic acids is 2. The maximum atomic E-state index is 12.5. The van der Waals surface area contributed by atoms with Gasteiger partial charge < -0.3 is 4.90 Å². The van der Waals surface area contributed by atoms with Gasteiger partial charge in [0.25, 0.3) is 0 Å². The van der Waals surface area contributed by atoms with E-state index in [0.717, 1.165) is 12.0 Å². The van der Waals surface area contributed by atoms with E-state index in [-0.39, 0.29) is 17.6 Å². The second kappa shape index (κ2) is 6.80. The van der Waals surface area contributed by atoms with Crippen LogP contribution in [0.4, 0.5) is 0 Å².